The average Bonchev–Trinajstić information content (AvgIpc) is 2.14. The third-order valence-corrected chi connectivity index (χ3v) is 1.98. The molecule has 1 heterocycles. The fourth-order valence-corrected chi connectivity index (χ4v) is 1.31. The summed E-state index contributed by atoms with van der Waals surface area (Å²) >= 11 is 0. The van der Waals surface area contributed by atoms with E-state index < -0.39 is 18.0 Å². The van der Waals surface area contributed by atoms with Crippen molar-refractivity contribution in [1.29, 1.82) is 0 Å². The molecule has 1 atom stereocenters. The molecule has 4 N–H and O–H groups in total. The molecule has 5 heteroatoms. The van der Waals surface area contributed by atoms with E-state index in [0.717, 1.165) is 0 Å². The SMILES string of the molecule is OC1=C(O)c2ccc(O)cc2C(O)O1. The smallest absolute Gasteiger partial charge is 0.324 e. The van der Waals surface area contributed by atoms with Gasteiger partial charge in [0.15, 0.2) is 0 Å². The lowest BCUT2D eigenvalue weighted by Crippen LogP contribution is -2.13. The molecule has 1 unspecified atom stereocenters. The van der Waals surface area contributed by atoms with Gasteiger partial charge in [-0.1, -0.05) is 0 Å². The quantitative estimate of drug-likeness (QED) is 0.499. The van der Waals surface area contributed by atoms with E-state index in [1.807, 2.05) is 0 Å². The van der Waals surface area contributed by atoms with Gasteiger partial charge < -0.3 is 25.2 Å². The van der Waals surface area contributed by atoms with Crippen molar-refractivity contribution in [3.63, 3.8) is 0 Å². The Morgan fingerprint density at radius 1 is 1.14 bits per heavy atom. The van der Waals surface area contributed by atoms with Crippen molar-refractivity contribution < 1.29 is 25.2 Å². The Morgan fingerprint density at radius 2 is 1.86 bits per heavy atom. The van der Waals surface area contributed by atoms with Crippen LogP contribution in [0.5, 0.6) is 5.75 Å². The minimum absolute atomic E-state index is 0.0550. The van der Waals surface area contributed by atoms with E-state index in [-0.39, 0.29) is 16.9 Å². The zero-order chi connectivity index (χ0) is 10.3. The zero-order valence-electron chi connectivity index (χ0n) is 7.01. The molecule has 0 saturated heterocycles. The van der Waals surface area contributed by atoms with Gasteiger partial charge in [-0.05, 0) is 18.2 Å². The van der Waals surface area contributed by atoms with Crippen LogP contribution in [0.25, 0.3) is 5.76 Å². The largest absolute Gasteiger partial charge is 0.508 e. The van der Waals surface area contributed by atoms with Crippen LogP contribution in [0.15, 0.2) is 24.1 Å². The topological polar surface area (TPSA) is 90.2 Å². The van der Waals surface area contributed by atoms with Crippen LogP contribution in [0.3, 0.4) is 0 Å². The Balaban J connectivity index is 2.63. The molecule has 0 saturated carbocycles. The van der Waals surface area contributed by atoms with Crippen molar-refractivity contribution in [3.05, 3.63) is 35.3 Å². The van der Waals surface area contributed by atoms with Crippen LogP contribution >= 0.6 is 0 Å². The van der Waals surface area contributed by atoms with Crippen LogP contribution in [-0.2, 0) is 4.74 Å². The first-order valence-corrected chi connectivity index (χ1v) is 3.90. The molecule has 5 nitrogen and oxygen atoms in total. The Morgan fingerprint density at radius 3 is 2.57 bits per heavy atom. The molecule has 14 heavy (non-hydrogen) atoms. The molecular formula is C9H8O5. The number of hydrogen-bond acceptors (Lipinski definition) is 5. The Labute approximate surface area is 79.1 Å². The summed E-state index contributed by atoms with van der Waals surface area (Å²) in [7, 11) is 0. The lowest BCUT2D eigenvalue weighted by Gasteiger charge is -2.21. The molecule has 74 valence electrons. The second-order valence-electron chi connectivity index (χ2n) is 2.90. The molecule has 0 aromatic heterocycles. The molecule has 0 fully saturated rings. The predicted molar refractivity (Wildman–Crippen MR) is 46.3 cm³/mol. The fourth-order valence-electron chi connectivity index (χ4n) is 1.31. The van der Waals surface area contributed by atoms with Crippen LogP contribution < -0.4 is 0 Å². The number of aromatic hydroxyl groups is 1. The standard InChI is InChI=1S/C9H8O5/c10-4-1-2-5-6(3-4)8(12)14-9(13)7(5)11/h1-3,8,10-13H. The number of aliphatic hydroxyl groups is 3. The fraction of sp³-hybridized carbons (Fsp3) is 0.111. The number of hydrogen-bond donors (Lipinski definition) is 4. The summed E-state index contributed by atoms with van der Waals surface area (Å²) in [5, 5.41) is 36.9. The summed E-state index contributed by atoms with van der Waals surface area (Å²) in [5.41, 5.74) is 0.444. The van der Waals surface area contributed by atoms with Crippen molar-refractivity contribution in [2.75, 3.05) is 0 Å². The van der Waals surface area contributed by atoms with Crippen LogP contribution in [0.4, 0.5) is 0 Å². The van der Waals surface area contributed by atoms with Gasteiger partial charge in [0.2, 0.25) is 12.0 Å². The van der Waals surface area contributed by atoms with Gasteiger partial charge in [0.25, 0.3) is 0 Å². The Bertz CT molecular complexity index is 410. The van der Waals surface area contributed by atoms with Crippen LogP contribution in [0.1, 0.15) is 17.4 Å². The van der Waals surface area contributed by atoms with E-state index in [2.05, 4.69) is 4.74 Å². The van der Waals surface area contributed by atoms with Crippen LogP contribution in [0, 0.1) is 0 Å². The maximum absolute atomic E-state index is 9.35. The minimum atomic E-state index is -1.38. The maximum Gasteiger partial charge on any atom is 0.324 e. The molecule has 1 aromatic carbocycles. The number of aliphatic hydroxyl groups excluding tert-OH is 3. The first-order valence-electron chi connectivity index (χ1n) is 3.90. The predicted octanol–water partition coefficient (Wildman–Crippen LogP) is 1.16. The van der Waals surface area contributed by atoms with Gasteiger partial charge in [-0.25, -0.2) is 0 Å². The highest BCUT2D eigenvalue weighted by Gasteiger charge is 2.26. The van der Waals surface area contributed by atoms with E-state index in [1.165, 1.54) is 18.2 Å². The van der Waals surface area contributed by atoms with Gasteiger partial charge in [-0.15, -0.1) is 0 Å². The first-order chi connectivity index (χ1) is 6.59. The second-order valence-corrected chi connectivity index (χ2v) is 2.90. The maximum atomic E-state index is 9.35. The molecular weight excluding hydrogens is 188 g/mol. The summed E-state index contributed by atoms with van der Waals surface area (Å²) in [5.74, 6) is -1.23. The lowest BCUT2D eigenvalue weighted by atomic mass is 10.0. The van der Waals surface area contributed by atoms with Crippen molar-refractivity contribution in [1.82, 2.24) is 0 Å². The van der Waals surface area contributed by atoms with E-state index in [9.17, 15) is 10.2 Å². The van der Waals surface area contributed by atoms with E-state index in [1.54, 1.807) is 0 Å². The third kappa shape index (κ3) is 1.14. The summed E-state index contributed by atoms with van der Waals surface area (Å²) in [6.07, 6.45) is -1.38. The Hall–Kier alpha value is -1.88. The van der Waals surface area contributed by atoms with Gasteiger partial charge in [-0.2, -0.15) is 0 Å². The molecule has 1 aliphatic heterocycles. The van der Waals surface area contributed by atoms with Gasteiger partial charge in [0, 0.05) is 11.1 Å². The monoisotopic (exact) mass is 196 g/mol. The lowest BCUT2D eigenvalue weighted by molar-refractivity contribution is -0.109. The van der Waals surface area contributed by atoms with Gasteiger partial charge in [-0.3, -0.25) is 0 Å². The average molecular weight is 196 g/mol. The number of ether oxygens (including phenoxy) is 1. The van der Waals surface area contributed by atoms with Crippen molar-refractivity contribution in [3.8, 4) is 5.75 Å². The number of phenols is 1. The van der Waals surface area contributed by atoms with E-state index in [0.29, 0.717) is 0 Å². The van der Waals surface area contributed by atoms with Crippen molar-refractivity contribution >= 4 is 5.76 Å². The number of fused-ring (bicyclic) bond motifs is 1. The Kier molecular flexibility index (Phi) is 1.75. The molecule has 1 aromatic rings. The second kappa shape index (κ2) is 2.81. The number of phenolic OH excluding ortho intramolecular Hbond substituents is 1. The van der Waals surface area contributed by atoms with Crippen molar-refractivity contribution in [2.24, 2.45) is 0 Å². The van der Waals surface area contributed by atoms with Gasteiger partial charge in [0.1, 0.15) is 5.75 Å². The molecule has 0 bridgehead atoms. The zero-order valence-corrected chi connectivity index (χ0v) is 7.01. The van der Waals surface area contributed by atoms with Crippen LogP contribution in [-0.4, -0.2) is 20.4 Å². The van der Waals surface area contributed by atoms with Crippen molar-refractivity contribution in [2.45, 2.75) is 6.29 Å². The molecule has 1 aliphatic rings. The molecule has 0 radical (unpaired) electrons. The summed E-state index contributed by atoms with van der Waals surface area (Å²) in [6, 6.07) is 3.96. The molecule has 0 spiro atoms. The highest BCUT2D eigenvalue weighted by atomic mass is 16.7. The van der Waals surface area contributed by atoms with Crippen LogP contribution in [0.2, 0.25) is 0 Å². The van der Waals surface area contributed by atoms with Gasteiger partial charge >= 0.3 is 5.95 Å². The third-order valence-electron chi connectivity index (χ3n) is 1.98. The van der Waals surface area contributed by atoms with E-state index in [4.69, 9.17) is 10.2 Å². The molecule has 0 aliphatic carbocycles. The van der Waals surface area contributed by atoms with E-state index >= 15 is 0 Å². The molecule has 0 amide bonds. The number of rotatable bonds is 0. The minimum Gasteiger partial charge on any atom is -0.508 e. The number of benzene rings is 1. The molecule has 2 rings (SSSR count). The first kappa shape index (κ1) is 8.71. The summed E-state index contributed by atoms with van der Waals surface area (Å²) < 4.78 is 4.51. The normalized spacial score (nSPS) is 20.2. The summed E-state index contributed by atoms with van der Waals surface area (Å²) in [6.45, 7) is 0. The summed E-state index contributed by atoms with van der Waals surface area (Å²) in [4.78, 5) is 0. The highest BCUT2D eigenvalue weighted by Crippen LogP contribution is 2.34. The highest BCUT2D eigenvalue weighted by molar-refractivity contribution is 5.65. The van der Waals surface area contributed by atoms with Gasteiger partial charge in [0.05, 0.1) is 0 Å².